The first kappa shape index (κ1) is 13.0. The van der Waals surface area contributed by atoms with Gasteiger partial charge in [0.1, 0.15) is 11.8 Å². The van der Waals surface area contributed by atoms with Crippen molar-refractivity contribution < 1.29 is 12.6 Å². The lowest BCUT2D eigenvalue weighted by atomic mass is 10.1. The minimum atomic E-state index is -3.64. The van der Waals surface area contributed by atoms with Gasteiger partial charge in [-0.2, -0.15) is 8.42 Å². The molecule has 0 saturated carbocycles. The zero-order chi connectivity index (χ0) is 13.2. The van der Waals surface area contributed by atoms with Gasteiger partial charge in [-0.05, 0) is 17.7 Å². The van der Waals surface area contributed by atoms with Crippen LogP contribution in [-0.4, -0.2) is 30.1 Å². The first-order valence-corrected chi connectivity index (χ1v) is 7.15. The number of halogens is 1. The van der Waals surface area contributed by atoms with Crippen molar-refractivity contribution in [2.75, 3.05) is 6.26 Å². The van der Waals surface area contributed by atoms with Gasteiger partial charge in [-0.3, -0.25) is 9.28 Å². The Bertz CT molecular complexity index is 628. The van der Waals surface area contributed by atoms with Crippen molar-refractivity contribution in [2.45, 2.75) is 6.10 Å². The van der Waals surface area contributed by atoms with E-state index in [1.165, 1.54) is 6.20 Å². The van der Waals surface area contributed by atoms with Gasteiger partial charge < -0.3 is 0 Å². The largest absolute Gasteiger partial charge is 0.265 e. The molecule has 1 aromatic heterocycles. The van der Waals surface area contributed by atoms with Crippen molar-refractivity contribution in [3.05, 3.63) is 46.7 Å². The normalized spacial score (nSPS) is 13.4. The minimum Gasteiger partial charge on any atom is -0.265 e. The third-order valence-corrected chi connectivity index (χ3v) is 2.90. The fraction of sp³-hybridized carbons (Fsp3) is 0.200. The first-order chi connectivity index (χ1) is 8.46. The van der Waals surface area contributed by atoms with Crippen molar-refractivity contribution in [3.8, 4) is 0 Å². The van der Waals surface area contributed by atoms with E-state index in [0.29, 0.717) is 16.3 Å². The van der Waals surface area contributed by atoms with E-state index >= 15 is 0 Å². The first-order valence-electron chi connectivity index (χ1n) is 4.96. The van der Waals surface area contributed by atoms with Crippen LogP contribution in [0.5, 0.6) is 0 Å². The molecule has 0 saturated heterocycles. The molecule has 96 valence electrons. The van der Waals surface area contributed by atoms with Gasteiger partial charge in [0.05, 0.1) is 6.26 Å². The summed E-state index contributed by atoms with van der Waals surface area (Å²) in [5, 5.41) is 10.3. The van der Waals surface area contributed by atoms with Gasteiger partial charge in [-0.1, -0.05) is 28.9 Å². The van der Waals surface area contributed by atoms with E-state index < -0.39 is 16.2 Å². The highest BCUT2D eigenvalue weighted by Crippen LogP contribution is 2.27. The second-order valence-electron chi connectivity index (χ2n) is 3.63. The smallest absolute Gasteiger partial charge is 0.265 e. The molecule has 18 heavy (non-hydrogen) atoms. The van der Waals surface area contributed by atoms with Gasteiger partial charge in [0, 0.05) is 11.2 Å². The zero-order valence-electron chi connectivity index (χ0n) is 9.37. The third-order valence-electron chi connectivity index (χ3n) is 2.13. The zero-order valence-corrected chi connectivity index (χ0v) is 10.9. The van der Waals surface area contributed by atoms with E-state index in [1.807, 2.05) is 0 Å². The molecule has 0 radical (unpaired) electrons. The Labute approximate surface area is 109 Å². The summed E-state index contributed by atoms with van der Waals surface area (Å²) in [6, 6.07) is 6.71. The molecule has 1 unspecified atom stereocenters. The fourth-order valence-electron chi connectivity index (χ4n) is 1.46. The second-order valence-corrected chi connectivity index (χ2v) is 5.67. The monoisotopic (exact) mass is 287 g/mol. The molecule has 1 heterocycles. The maximum atomic E-state index is 11.3. The molecule has 6 nitrogen and oxygen atoms in total. The maximum absolute atomic E-state index is 11.3. The Hall–Kier alpha value is -1.44. The molecule has 1 atom stereocenters. The summed E-state index contributed by atoms with van der Waals surface area (Å²) < 4.78 is 27.6. The van der Waals surface area contributed by atoms with Gasteiger partial charge in [-0.15, -0.1) is 5.10 Å². The molecule has 1 N–H and O–H groups in total. The van der Waals surface area contributed by atoms with Crippen LogP contribution < -0.4 is 0 Å². The Kier molecular flexibility index (Phi) is 3.65. The van der Waals surface area contributed by atoms with E-state index in [0.717, 1.165) is 6.26 Å². The molecule has 0 bridgehead atoms. The predicted molar refractivity (Wildman–Crippen MR) is 65.6 cm³/mol. The number of aromatic amines is 1. The fourth-order valence-corrected chi connectivity index (χ4v) is 2.22. The number of aromatic nitrogens is 3. The van der Waals surface area contributed by atoms with Crippen LogP contribution in [0.3, 0.4) is 0 Å². The SMILES string of the molecule is CS(=O)(=O)OC(c1cccc(Cl)c1)c1c[nH]nn1. The van der Waals surface area contributed by atoms with Gasteiger partial charge in [0.2, 0.25) is 0 Å². The molecule has 0 amide bonds. The van der Waals surface area contributed by atoms with E-state index in [4.69, 9.17) is 15.8 Å². The number of hydrogen-bond acceptors (Lipinski definition) is 5. The molecule has 0 aliphatic carbocycles. The molecule has 0 aliphatic rings. The molecule has 2 rings (SSSR count). The van der Waals surface area contributed by atoms with E-state index in [9.17, 15) is 8.42 Å². The summed E-state index contributed by atoms with van der Waals surface area (Å²) in [7, 11) is -3.64. The van der Waals surface area contributed by atoms with Crippen LogP contribution in [0.15, 0.2) is 30.5 Å². The van der Waals surface area contributed by atoms with Crippen molar-refractivity contribution in [1.29, 1.82) is 0 Å². The van der Waals surface area contributed by atoms with Crippen LogP contribution in [0, 0.1) is 0 Å². The van der Waals surface area contributed by atoms with Gasteiger partial charge in [0.15, 0.2) is 0 Å². The van der Waals surface area contributed by atoms with E-state index in [-0.39, 0.29) is 0 Å². The molecule has 0 spiro atoms. The average molecular weight is 288 g/mol. The number of nitrogens with zero attached hydrogens (tertiary/aromatic N) is 2. The summed E-state index contributed by atoms with van der Waals surface area (Å²) in [6.45, 7) is 0. The minimum absolute atomic E-state index is 0.364. The molecular weight excluding hydrogens is 278 g/mol. The lowest BCUT2D eigenvalue weighted by Gasteiger charge is -2.14. The quantitative estimate of drug-likeness (QED) is 0.862. The van der Waals surface area contributed by atoms with Crippen molar-refractivity contribution in [2.24, 2.45) is 0 Å². The molecule has 8 heteroatoms. The Morgan fingerprint density at radius 2 is 2.22 bits per heavy atom. The van der Waals surface area contributed by atoms with E-state index in [2.05, 4.69) is 15.4 Å². The topological polar surface area (TPSA) is 84.9 Å². The molecule has 0 aliphatic heterocycles. The van der Waals surface area contributed by atoms with Crippen molar-refractivity contribution in [1.82, 2.24) is 15.4 Å². The summed E-state index contributed by atoms with van der Waals surface area (Å²) in [4.78, 5) is 0. The highest BCUT2D eigenvalue weighted by atomic mass is 35.5. The molecule has 0 fully saturated rings. The van der Waals surface area contributed by atoms with Crippen LogP contribution in [0.1, 0.15) is 17.4 Å². The van der Waals surface area contributed by atoms with Gasteiger partial charge in [0.25, 0.3) is 10.1 Å². The lowest BCUT2D eigenvalue weighted by molar-refractivity contribution is 0.251. The van der Waals surface area contributed by atoms with Crippen molar-refractivity contribution >= 4 is 21.7 Å². The Morgan fingerprint density at radius 1 is 1.44 bits per heavy atom. The van der Waals surface area contributed by atoms with Crippen LogP contribution in [0.25, 0.3) is 0 Å². The second kappa shape index (κ2) is 5.05. The van der Waals surface area contributed by atoms with Gasteiger partial charge >= 0.3 is 0 Å². The number of rotatable bonds is 4. The highest BCUT2D eigenvalue weighted by Gasteiger charge is 2.22. The summed E-state index contributed by atoms with van der Waals surface area (Å²) in [6.07, 6.45) is 1.58. The number of H-pyrrole nitrogens is 1. The standard InChI is InChI=1S/C10H10ClN3O3S/c1-18(15,16)17-10(9-6-12-14-13-9)7-3-2-4-8(11)5-7/h2-6,10H,1H3,(H,12,13,14). The maximum Gasteiger partial charge on any atom is 0.265 e. The Morgan fingerprint density at radius 3 is 2.78 bits per heavy atom. The summed E-state index contributed by atoms with van der Waals surface area (Å²) in [5.41, 5.74) is 0.949. The number of benzene rings is 1. The molecule has 1 aromatic carbocycles. The van der Waals surface area contributed by atoms with Crippen LogP contribution >= 0.6 is 11.6 Å². The molecule has 2 aromatic rings. The van der Waals surface area contributed by atoms with Crippen LogP contribution in [-0.2, 0) is 14.3 Å². The predicted octanol–water partition coefficient (Wildman–Crippen LogP) is 1.52. The lowest BCUT2D eigenvalue weighted by Crippen LogP contribution is -2.12. The van der Waals surface area contributed by atoms with Crippen LogP contribution in [0.4, 0.5) is 0 Å². The average Bonchev–Trinajstić information content (AvgIpc) is 2.78. The summed E-state index contributed by atoms with van der Waals surface area (Å²) in [5.74, 6) is 0. The van der Waals surface area contributed by atoms with Crippen LogP contribution in [0.2, 0.25) is 5.02 Å². The molecular formula is C10H10ClN3O3S. The van der Waals surface area contributed by atoms with Crippen molar-refractivity contribution in [3.63, 3.8) is 0 Å². The summed E-state index contributed by atoms with van der Waals surface area (Å²) >= 11 is 5.87. The van der Waals surface area contributed by atoms with Gasteiger partial charge in [-0.25, -0.2) is 0 Å². The van der Waals surface area contributed by atoms with E-state index in [1.54, 1.807) is 24.3 Å². The third kappa shape index (κ3) is 3.28. The number of nitrogens with one attached hydrogen (secondary N) is 1. The highest BCUT2D eigenvalue weighted by molar-refractivity contribution is 7.86. The Balaban J connectivity index is 2.43. The number of hydrogen-bond donors (Lipinski definition) is 1.